The fourth-order valence-corrected chi connectivity index (χ4v) is 3.60. The molecule has 1 heterocycles. The molecule has 0 spiro atoms. The zero-order valence-corrected chi connectivity index (χ0v) is 21.0. The lowest BCUT2D eigenvalue weighted by atomic mass is 10.1. The minimum atomic E-state index is -0.452. The minimum absolute atomic E-state index is 0.00411. The maximum atomic E-state index is 10.9. The van der Waals surface area contributed by atoms with Gasteiger partial charge in [-0.3, -0.25) is 10.1 Å². The summed E-state index contributed by atoms with van der Waals surface area (Å²) in [6, 6.07) is 19.8. The SMILES string of the molecule is Cc1ccc(Nc2nc(NN=Cc3cccc(I)c3)nc(Nc3ccc([N+](=O)[O-])cc3)n2)cc1C. The van der Waals surface area contributed by atoms with Crippen LogP contribution >= 0.6 is 22.6 Å². The number of anilines is 5. The van der Waals surface area contributed by atoms with Crippen molar-refractivity contribution < 1.29 is 4.92 Å². The summed E-state index contributed by atoms with van der Waals surface area (Å²) >= 11 is 2.24. The van der Waals surface area contributed by atoms with Gasteiger partial charge in [-0.25, -0.2) is 5.43 Å². The molecule has 1 aromatic heterocycles. The van der Waals surface area contributed by atoms with Gasteiger partial charge in [0.1, 0.15) is 0 Å². The fourth-order valence-electron chi connectivity index (χ4n) is 3.03. The highest BCUT2D eigenvalue weighted by Crippen LogP contribution is 2.22. The van der Waals surface area contributed by atoms with Crippen LogP contribution in [0.5, 0.6) is 0 Å². The number of nitro benzene ring substituents is 1. The number of hydrogen-bond acceptors (Lipinski definition) is 9. The van der Waals surface area contributed by atoms with Crippen LogP contribution in [-0.4, -0.2) is 26.1 Å². The Bertz CT molecular complexity index is 1390. The van der Waals surface area contributed by atoms with Crippen molar-refractivity contribution in [2.75, 3.05) is 16.1 Å². The molecule has 0 saturated heterocycles. The third-order valence-electron chi connectivity index (χ3n) is 4.96. The summed E-state index contributed by atoms with van der Waals surface area (Å²) in [5.41, 5.74) is 7.50. The van der Waals surface area contributed by atoms with Gasteiger partial charge in [0.2, 0.25) is 17.8 Å². The Labute approximate surface area is 215 Å². The van der Waals surface area contributed by atoms with Gasteiger partial charge in [0, 0.05) is 27.1 Å². The molecule has 3 aromatic carbocycles. The number of aryl methyl sites for hydroxylation is 2. The molecule has 0 amide bonds. The van der Waals surface area contributed by atoms with Crippen LogP contribution in [-0.2, 0) is 0 Å². The summed E-state index contributed by atoms with van der Waals surface area (Å²) in [5, 5.41) is 21.4. The molecule has 0 bridgehead atoms. The van der Waals surface area contributed by atoms with Gasteiger partial charge in [-0.15, -0.1) is 0 Å². The Morgan fingerprint density at radius 3 is 2.17 bits per heavy atom. The highest BCUT2D eigenvalue weighted by molar-refractivity contribution is 14.1. The van der Waals surface area contributed by atoms with Crippen molar-refractivity contribution in [2.45, 2.75) is 13.8 Å². The van der Waals surface area contributed by atoms with Crippen LogP contribution in [0.4, 0.5) is 34.9 Å². The van der Waals surface area contributed by atoms with E-state index in [-0.39, 0.29) is 17.6 Å². The topological polar surface area (TPSA) is 130 Å². The first-order valence-electron chi connectivity index (χ1n) is 10.5. The second-order valence-corrected chi connectivity index (χ2v) is 8.83. The van der Waals surface area contributed by atoms with E-state index in [0.717, 1.165) is 20.4 Å². The zero-order chi connectivity index (χ0) is 24.8. The van der Waals surface area contributed by atoms with Gasteiger partial charge in [-0.05, 0) is 89.5 Å². The maximum Gasteiger partial charge on any atom is 0.269 e. The van der Waals surface area contributed by atoms with E-state index >= 15 is 0 Å². The summed E-state index contributed by atoms with van der Waals surface area (Å²) in [6.45, 7) is 4.07. The van der Waals surface area contributed by atoms with Crippen LogP contribution < -0.4 is 16.1 Å². The number of non-ortho nitro benzene ring substituents is 1. The Morgan fingerprint density at radius 1 is 0.857 bits per heavy atom. The monoisotopic (exact) mass is 580 g/mol. The number of halogens is 1. The number of aromatic nitrogens is 3. The van der Waals surface area contributed by atoms with Crippen LogP contribution in [0, 0.1) is 27.5 Å². The third kappa shape index (κ3) is 6.69. The van der Waals surface area contributed by atoms with Crippen LogP contribution in [0.3, 0.4) is 0 Å². The largest absolute Gasteiger partial charge is 0.324 e. The highest BCUT2D eigenvalue weighted by Gasteiger charge is 2.10. The van der Waals surface area contributed by atoms with E-state index in [1.165, 1.54) is 17.7 Å². The predicted octanol–water partition coefficient (Wildman–Crippen LogP) is 5.93. The van der Waals surface area contributed by atoms with Crippen molar-refractivity contribution in [3.63, 3.8) is 0 Å². The molecule has 3 N–H and O–H groups in total. The zero-order valence-electron chi connectivity index (χ0n) is 18.9. The molecule has 11 heteroatoms. The molecule has 0 aliphatic rings. The fraction of sp³-hybridized carbons (Fsp3) is 0.0833. The van der Waals surface area contributed by atoms with E-state index in [0.29, 0.717) is 11.6 Å². The van der Waals surface area contributed by atoms with E-state index in [9.17, 15) is 10.1 Å². The molecule has 0 saturated carbocycles. The molecule has 0 aliphatic carbocycles. The van der Waals surface area contributed by atoms with Crippen molar-refractivity contribution in [3.8, 4) is 0 Å². The van der Waals surface area contributed by atoms with Gasteiger partial charge in [0.15, 0.2) is 0 Å². The van der Waals surface area contributed by atoms with E-state index in [1.54, 1.807) is 18.3 Å². The van der Waals surface area contributed by atoms with E-state index in [4.69, 9.17) is 0 Å². The summed E-state index contributed by atoms with van der Waals surface area (Å²) in [5.74, 6) is 0.768. The lowest BCUT2D eigenvalue weighted by Gasteiger charge is -2.11. The van der Waals surface area contributed by atoms with Gasteiger partial charge in [0.05, 0.1) is 11.1 Å². The normalized spacial score (nSPS) is 10.8. The number of benzene rings is 3. The molecule has 35 heavy (non-hydrogen) atoms. The smallest absolute Gasteiger partial charge is 0.269 e. The first-order valence-corrected chi connectivity index (χ1v) is 11.6. The summed E-state index contributed by atoms with van der Waals surface area (Å²) < 4.78 is 1.10. The Morgan fingerprint density at radius 2 is 1.51 bits per heavy atom. The minimum Gasteiger partial charge on any atom is -0.324 e. The van der Waals surface area contributed by atoms with Gasteiger partial charge >= 0.3 is 0 Å². The quantitative estimate of drug-likeness (QED) is 0.101. The Hall–Kier alpha value is -4.13. The van der Waals surface area contributed by atoms with E-state index < -0.39 is 4.92 Å². The first-order chi connectivity index (χ1) is 16.9. The molecule has 0 aliphatic heterocycles. The van der Waals surface area contributed by atoms with Gasteiger partial charge in [-0.2, -0.15) is 20.1 Å². The van der Waals surface area contributed by atoms with Crippen LogP contribution in [0.25, 0.3) is 0 Å². The number of hydrogen-bond donors (Lipinski definition) is 3. The number of nitro groups is 1. The maximum absolute atomic E-state index is 10.9. The molecule has 0 fully saturated rings. The van der Waals surface area contributed by atoms with Crippen molar-refractivity contribution in [2.24, 2.45) is 5.10 Å². The molecule has 4 aromatic rings. The second-order valence-electron chi connectivity index (χ2n) is 7.58. The molecule has 0 radical (unpaired) electrons. The van der Waals surface area contributed by atoms with Crippen molar-refractivity contribution >= 4 is 63.7 Å². The third-order valence-corrected chi connectivity index (χ3v) is 5.63. The highest BCUT2D eigenvalue weighted by atomic mass is 127. The van der Waals surface area contributed by atoms with Gasteiger partial charge < -0.3 is 10.6 Å². The first kappa shape index (κ1) is 24.0. The molecule has 4 rings (SSSR count). The Kier molecular flexibility index (Phi) is 7.45. The number of hydrazone groups is 1. The van der Waals surface area contributed by atoms with Crippen molar-refractivity contribution in [1.29, 1.82) is 0 Å². The van der Waals surface area contributed by atoms with Crippen LogP contribution in [0.1, 0.15) is 16.7 Å². The molecular formula is C24H21IN8O2. The molecular weight excluding hydrogens is 559 g/mol. The molecule has 0 unspecified atom stereocenters. The van der Waals surface area contributed by atoms with E-state index in [2.05, 4.69) is 58.7 Å². The summed E-state index contributed by atoms with van der Waals surface area (Å²) in [4.78, 5) is 23.7. The average Bonchev–Trinajstić information content (AvgIpc) is 2.82. The average molecular weight is 580 g/mol. The number of rotatable bonds is 8. The lowest BCUT2D eigenvalue weighted by Crippen LogP contribution is -2.07. The molecule has 10 nitrogen and oxygen atoms in total. The van der Waals surface area contributed by atoms with Gasteiger partial charge in [0.25, 0.3) is 5.69 Å². The van der Waals surface area contributed by atoms with Crippen LogP contribution in [0.2, 0.25) is 0 Å². The number of nitrogens with zero attached hydrogens (tertiary/aromatic N) is 5. The predicted molar refractivity (Wildman–Crippen MR) is 146 cm³/mol. The second kappa shape index (κ2) is 10.9. The lowest BCUT2D eigenvalue weighted by molar-refractivity contribution is -0.384. The summed E-state index contributed by atoms with van der Waals surface area (Å²) in [7, 11) is 0. The summed E-state index contributed by atoms with van der Waals surface area (Å²) in [6.07, 6.45) is 1.67. The van der Waals surface area contributed by atoms with Gasteiger partial charge in [-0.1, -0.05) is 18.2 Å². The standard InChI is InChI=1S/C24H21IN8O2/c1-15-6-7-20(12-16(15)2)28-23-29-22(27-19-8-10-21(11-9-19)33(34)35)30-24(31-23)32-26-14-17-4-3-5-18(25)13-17/h3-14H,1-2H3,(H3,27,28,29,30,31,32). The number of nitrogens with one attached hydrogen (secondary N) is 3. The van der Waals surface area contributed by atoms with Crippen molar-refractivity contribution in [3.05, 3.63) is 97.1 Å². The van der Waals surface area contributed by atoms with Crippen molar-refractivity contribution in [1.82, 2.24) is 15.0 Å². The van der Waals surface area contributed by atoms with E-state index in [1.807, 2.05) is 56.3 Å². The molecule has 0 atom stereocenters. The molecule has 176 valence electrons. The van der Waals surface area contributed by atoms with Crippen LogP contribution in [0.15, 0.2) is 71.8 Å². The Balaban J connectivity index is 1.60.